The van der Waals surface area contributed by atoms with Crippen LogP contribution in [-0.2, 0) is 27.2 Å². The summed E-state index contributed by atoms with van der Waals surface area (Å²) in [6.45, 7) is -0.109. The van der Waals surface area contributed by atoms with Crippen LogP contribution < -0.4 is 5.32 Å². The van der Waals surface area contributed by atoms with E-state index in [9.17, 15) is 43.9 Å². The molecule has 0 aliphatic carbocycles. The van der Waals surface area contributed by atoms with Gasteiger partial charge in [-0.2, -0.15) is 30.6 Å². The van der Waals surface area contributed by atoms with Gasteiger partial charge in [-0.25, -0.2) is 12.8 Å². The molecule has 2 aromatic rings. The number of sulfonamides is 1. The number of hydrogen-bond acceptors (Lipinski definition) is 3. The third kappa shape index (κ3) is 5.73. The fraction of sp³-hybridized carbons (Fsp3) is 0.278. The number of hydrogen-bond donors (Lipinski definition) is 1. The van der Waals surface area contributed by atoms with Gasteiger partial charge in [0.05, 0.1) is 28.3 Å². The Morgan fingerprint density at radius 1 is 0.968 bits per heavy atom. The predicted octanol–water partition coefficient (Wildman–Crippen LogP) is 4.51. The molecular formula is C18H15F7N2O3S. The van der Waals surface area contributed by atoms with Crippen LogP contribution >= 0.6 is 0 Å². The van der Waals surface area contributed by atoms with Gasteiger partial charge < -0.3 is 5.32 Å². The minimum atomic E-state index is -5.16. The van der Waals surface area contributed by atoms with E-state index in [-0.39, 0.29) is 6.07 Å². The highest BCUT2D eigenvalue weighted by Crippen LogP contribution is 2.35. The van der Waals surface area contributed by atoms with Gasteiger partial charge in [-0.1, -0.05) is 19.1 Å². The van der Waals surface area contributed by atoms with Gasteiger partial charge in [-0.05, 0) is 30.3 Å². The first-order chi connectivity index (χ1) is 14.2. The highest BCUT2D eigenvalue weighted by molar-refractivity contribution is 7.89. The van der Waals surface area contributed by atoms with Crippen LogP contribution in [0.5, 0.6) is 0 Å². The molecular weight excluding hydrogens is 457 g/mol. The molecule has 0 radical (unpaired) electrons. The Morgan fingerprint density at radius 3 is 2.10 bits per heavy atom. The highest BCUT2D eigenvalue weighted by atomic mass is 32.2. The van der Waals surface area contributed by atoms with Gasteiger partial charge in [0.25, 0.3) is 0 Å². The minimum absolute atomic E-state index is 0.0875. The summed E-state index contributed by atoms with van der Waals surface area (Å²) in [5, 5.41) is 1.95. The Morgan fingerprint density at radius 2 is 1.55 bits per heavy atom. The number of benzene rings is 2. The van der Waals surface area contributed by atoms with Crippen molar-refractivity contribution in [2.24, 2.45) is 0 Å². The van der Waals surface area contributed by atoms with E-state index in [2.05, 4.69) is 0 Å². The fourth-order valence-electron chi connectivity index (χ4n) is 2.59. The molecule has 1 amide bonds. The van der Waals surface area contributed by atoms with Crippen LogP contribution in [0.1, 0.15) is 18.1 Å². The third-order valence-corrected chi connectivity index (χ3v) is 5.98. The van der Waals surface area contributed by atoms with Crippen LogP contribution in [0.15, 0.2) is 47.4 Å². The van der Waals surface area contributed by atoms with E-state index in [0.29, 0.717) is 22.5 Å². The molecule has 0 aliphatic heterocycles. The highest BCUT2D eigenvalue weighted by Gasteiger charge is 2.37. The zero-order valence-corrected chi connectivity index (χ0v) is 16.5. The molecule has 0 saturated heterocycles. The van der Waals surface area contributed by atoms with Gasteiger partial charge in [0.1, 0.15) is 5.82 Å². The zero-order valence-electron chi connectivity index (χ0n) is 15.7. The van der Waals surface area contributed by atoms with Crippen molar-refractivity contribution in [1.29, 1.82) is 0 Å². The van der Waals surface area contributed by atoms with E-state index < -0.39 is 68.9 Å². The second kappa shape index (κ2) is 8.83. The number of halogens is 7. The van der Waals surface area contributed by atoms with E-state index in [1.165, 1.54) is 13.0 Å². The van der Waals surface area contributed by atoms with Crippen molar-refractivity contribution in [1.82, 2.24) is 4.31 Å². The van der Waals surface area contributed by atoms with Crippen molar-refractivity contribution in [2.45, 2.75) is 24.2 Å². The monoisotopic (exact) mass is 472 g/mol. The average Bonchev–Trinajstić information content (AvgIpc) is 2.64. The van der Waals surface area contributed by atoms with Crippen molar-refractivity contribution in [3.05, 3.63) is 59.4 Å². The standard InChI is InChI=1S/C18H15F7N2O3S/c1-2-27(10-16(28)26-15-6-4-3-5-12(15)17(20,21)22)31(29,30)11-7-8-14(19)13(9-11)18(23,24)25/h3-9H,2,10H2,1H3,(H,26,28). The van der Waals surface area contributed by atoms with Crippen LogP contribution in [-0.4, -0.2) is 31.7 Å². The number of nitrogens with zero attached hydrogens (tertiary/aromatic N) is 1. The second-order valence-corrected chi connectivity index (χ2v) is 8.10. The summed E-state index contributed by atoms with van der Waals surface area (Å²) >= 11 is 0. The molecule has 0 fully saturated rings. The fourth-order valence-corrected chi connectivity index (χ4v) is 4.02. The maximum Gasteiger partial charge on any atom is 0.419 e. The second-order valence-electron chi connectivity index (χ2n) is 6.16. The molecule has 0 aromatic heterocycles. The topological polar surface area (TPSA) is 66.5 Å². The van der Waals surface area contributed by atoms with Crippen LogP contribution in [0.25, 0.3) is 0 Å². The molecule has 0 atom stereocenters. The molecule has 5 nitrogen and oxygen atoms in total. The Hall–Kier alpha value is -2.67. The summed E-state index contributed by atoms with van der Waals surface area (Å²) < 4.78 is 117. The Kier molecular flexibility index (Phi) is 7.00. The molecule has 0 heterocycles. The van der Waals surface area contributed by atoms with Crippen molar-refractivity contribution in [2.75, 3.05) is 18.4 Å². The number of alkyl halides is 6. The molecule has 0 unspecified atom stereocenters. The number of carbonyl (C=O) groups excluding carboxylic acids is 1. The lowest BCUT2D eigenvalue weighted by Gasteiger charge is -2.21. The van der Waals surface area contributed by atoms with Crippen molar-refractivity contribution in [3.8, 4) is 0 Å². The first-order valence-electron chi connectivity index (χ1n) is 8.51. The third-order valence-electron chi connectivity index (χ3n) is 4.06. The summed E-state index contributed by atoms with van der Waals surface area (Å²) in [5.74, 6) is -2.84. The van der Waals surface area contributed by atoms with Gasteiger partial charge >= 0.3 is 12.4 Å². The van der Waals surface area contributed by atoms with Crippen LogP contribution in [0.3, 0.4) is 0 Å². The Labute approximate surface area is 172 Å². The van der Waals surface area contributed by atoms with Crippen LogP contribution in [0, 0.1) is 5.82 Å². The molecule has 0 bridgehead atoms. The lowest BCUT2D eigenvalue weighted by molar-refractivity contribution is -0.140. The predicted molar refractivity (Wildman–Crippen MR) is 95.9 cm³/mol. The first kappa shape index (κ1) is 24.6. The molecule has 0 saturated carbocycles. The van der Waals surface area contributed by atoms with E-state index in [4.69, 9.17) is 0 Å². The first-order valence-corrected chi connectivity index (χ1v) is 9.95. The van der Waals surface area contributed by atoms with Crippen LogP contribution in [0.4, 0.5) is 36.4 Å². The number of rotatable bonds is 6. The number of carbonyl (C=O) groups is 1. The maximum atomic E-state index is 13.4. The van der Waals surface area contributed by atoms with Crippen molar-refractivity contribution in [3.63, 3.8) is 0 Å². The number of anilines is 1. The van der Waals surface area contributed by atoms with Crippen LogP contribution in [0.2, 0.25) is 0 Å². The summed E-state index contributed by atoms with van der Waals surface area (Å²) in [5.41, 5.74) is -3.59. The summed E-state index contributed by atoms with van der Waals surface area (Å²) in [6, 6.07) is 4.99. The Bertz CT molecular complexity index is 1070. The van der Waals surface area contributed by atoms with Gasteiger partial charge in [-0.15, -0.1) is 0 Å². The summed E-state index contributed by atoms with van der Waals surface area (Å²) in [6.07, 6.45) is -9.95. The van der Waals surface area contributed by atoms with E-state index >= 15 is 0 Å². The number of amides is 1. The zero-order chi connectivity index (χ0) is 23.6. The van der Waals surface area contributed by atoms with Gasteiger partial charge in [0, 0.05) is 6.54 Å². The SMILES string of the molecule is CCN(CC(=O)Nc1ccccc1C(F)(F)F)S(=O)(=O)c1ccc(F)c(C(F)(F)F)c1. The molecule has 0 aliphatic rings. The van der Waals surface area contributed by atoms with E-state index in [1.54, 1.807) is 0 Å². The number of para-hydroxylation sites is 1. The lowest BCUT2D eigenvalue weighted by atomic mass is 10.1. The Balaban J connectivity index is 2.30. The van der Waals surface area contributed by atoms with E-state index in [0.717, 1.165) is 12.1 Å². The quantitative estimate of drug-likeness (QED) is 0.630. The molecule has 1 N–H and O–H groups in total. The molecule has 13 heteroatoms. The smallest absolute Gasteiger partial charge is 0.324 e. The average molecular weight is 472 g/mol. The molecule has 0 spiro atoms. The van der Waals surface area contributed by atoms with Gasteiger partial charge in [-0.3, -0.25) is 4.79 Å². The normalized spacial score (nSPS) is 12.8. The van der Waals surface area contributed by atoms with Gasteiger partial charge in [0.2, 0.25) is 15.9 Å². The molecule has 2 aromatic carbocycles. The molecule has 31 heavy (non-hydrogen) atoms. The summed E-state index contributed by atoms with van der Waals surface area (Å²) in [7, 11) is -4.69. The summed E-state index contributed by atoms with van der Waals surface area (Å²) in [4.78, 5) is 11.3. The minimum Gasteiger partial charge on any atom is -0.324 e. The lowest BCUT2D eigenvalue weighted by Crippen LogP contribution is -2.38. The molecule has 170 valence electrons. The maximum absolute atomic E-state index is 13.4. The van der Waals surface area contributed by atoms with Gasteiger partial charge in [0.15, 0.2) is 0 Å². The van der Waals surface area contributed by atoms with E-state index in [1.807, 2.05) is 5.32 Å². The molecule has 2 rings (SSSR count). The van der Waals surface area contributed by atoms with Crippen molar-refractivity contribution < 1.29 is 43.9 Å². The largest absolute Gasteiger partial charge is 0.419 e. The van der Waals surface area contributed by atoms with Crippen molar-refractivity contribution >= 4 is 21.6 Å². The number of likely N-dealkylation sites (N-methyl/N-ethyl adjacent to an activating group) is 1. The number of nitrogens with one attached hydrogen (secondary N) is 1.